The molecule has 7 heteroatoms. The summed E-state index contributed by atoms with van der Waals surface area (Å²) in [5.74, 6) is 0.996. The highest BCUT2D eigenvalue weighted by Gasteiger charge is 2.15. The van der Waals surface area contributed by atoms with Gasteiger partial charge in [0.05, 0.1) is 30.0 Å². The Kier molecular flexibility index (Phi) is 4.49. The molecular formula is C16H13BrN2O3S. The summed E-state index contributed by atoms with van der Waals surface area (Å²) in [7, 11) is 3.15. The lowest BCUT2D eigenvalue weighted by Crippen LogP contribution is -2.13. The number of hydrogen-bond donors (Lipinski definition) is 1. The summed E-state index contributed by atoms with van der Waals surface area (Å²) in [6.45, 7) is 0. The van der Waals surface area contributed by atoms with Crippen LogP contribution in [0.2, 0.25) is 0 Å². The van der Waals surface area contributed by atoms with Gasteiger partial charge in [-0.2, -0.15) is 0 Å². The summed E-state index contributed by atoms with van der Waals surface area (Å²) < 4.78 is 12.2. The van der Waals surface area contributed by atoms with Crippen LogP contribution in [0.1, 0.15) is 10.4 Å². The van der Waals surface area contributed by atoms with Gasteiger partial charge in [0.15, 0.2) is 5.13 Å². The van der Waals surface area contributed by atoms with Crippen LogP contribution < -0.4 is 14.8 Å². The molecule has 0 atom stereocenters. The number of halogens is 1. The van der Waals surface area contributed by atoms with Gasteiger partial charge in [0.2, 0.25) is 0 Å². The number of nitrogens with zero attached hydrogens (tertiary/aromatic N) is 1. The van der Waals surface area contributed by atoms with E-state index in [9.17, 15) is 4.79 Å². The fourth-order valence-electron chi connectivity index (χ4n) is 2.11. The molecule has 5 nitrogen and oxygen atoms in total. The van der Waals surface area contributed by atoms with Crippen molar-refractivity contribution in [2.75, 3.05) is 19.5 Å². The van der Waals surface area contributed by atoms with Crippen LogP contribution in [0.15, 0.2) is 40.9 Å². The Morgan fingerprint density at radius 3 is 2.74 bits per heavy atom. The third kappa shape index (κ3) is 3.30. The Bertz CT molecular complexity index is 879. The second kappa shape index (κ2) is 6.55. The van der Waals surface area contributed by atoms with Crippen molar-refractivity contribution in [1.82, 2.24) is 4.98 Å². The number of hydrogen-bond acceptors (Lipinski definition) is 5. The van der Waals surface area contributed by atoms with Gasteiger partial charge in [-0.3, -0.25) is 10.1 Å². The van der Waals surface area contributed by atoms with Crippen LogP contribution >= 0.6 is 27.3 Å². The molecule has 1 heterocycles. The van der Waals surface area contributed by atoms with Gasteiger partial charge >= 0.3 is 0 Å². The van der Waals surface area contributed by atoms with E-state index in [0.29, 0.717) is 16.4 Å². The average Bonchev–Trinajstić information content (AvgIpc) is 2.95. The first-order chi connectivity index (χ1) is 11.1. The number of fused-ring (bicyclic) bond motifs is 1. The molecule has 3 rings (SSSR count). The Hall–Kier alpha value is -2.12. The molecule has 23 heavy (non-hydrogen) atoms. The predicted octanol–water partition coefficient (Wildman–Crippen LogP) is 4.33. The van der Waals surface area contributed by atoms with Gasteiger partial charge in [-0.05, 0) is 36.4 Å². The van der Waals surface area contributed by atoms with E-state index in [2.05, 4.69) is 26.2 Å². The van der Waals surface area contributed by atoms with Gasteiger partial charge < -0.3 is 9.47 Å². The highest BCUT2D eigenvalue weighted by atomic mass is 79.9. The molecule has 0 spiro atoms. The Morgan fingerprint density at radius 1 is 1.17 bits per heavy atom. The molecule has 0 saturated heterocycles. The molecule has 0 saturated carbocycles. The van der Waals surface area contributed by atoms with Crippen molar-refractivity contribution in [3.63, 3.8) is 0 Å². The van der Waals surface area contributed by atoms with Crippen molar-refractivity contribution >= 4 is 48.5 Å². The van der Waals surface area contributed by atoms with Crippen molar-refractivity contribution in [1.29, 1.82) is 0 Å². The van der Waals surface area contributed by atoms with E-state index >= 15 is 0 Å². The zero-order valence-electron chi connectivity index (χ0n) is 12.4. The molecule has 1 amide bonds. The van der Waals surface area contributed by atoms with Crippen molar-refractivity contribution in [2.45, 2.75) is 0 Å². The Balaban J connectivity index is 1.89. The number of carbonyl (C=O) groups excluding carboxylic acids is 1. The molecule has 0 unspecified atom stereocenters. The first-order valence-electron chi connectivity index (χ1n) is 6.70. The van der Waals surface area contributed by atoms with E-state index < -0.39 is 0 Å². The maximum atomic E-state index is 12.5. The lowest BCUT2D eigenvalue weighted by Gasteiger charge is -2.08. The van der Waals surface area contributed by atoms with Gasteiger partial charge in [0.25, 0.3) is 5.91 Å². The second-order valence-corrected chi connectivity index (χ2v) is 6.60. The maximum absolute atomic E-state index is 12.5. The van der Waals surface area contributed by atoms with Crippen LogP contribution in [-0.4, -0.2) is 25.1 Å². The molecule has 1 aromatic heterocycles. The van der Waals surface area contributed by atoms with Gasteiger partial charge in [0.1, 0.15) is 11.5 Å². The maximum Gasteiger partial charge on any atom is 0.261 e. The van der Waals surface area contributed by atoms with E-state index in [0.717, 1.165) is 20.4 Å². The number of thiazole rings is 1. The van der Waals surface area contributed by atoms with Crippen molar-refractivity contribution in [3.8, 4) is 11.5 Å². The summed E-state index contributed by atoms with van der Waals surface area (Å²) in [6.07, 6.45) is 0. The number of carbonyl (C=O) groups is 1. The fraction of sp³-hybridized carbons (Fsp3) is 0.125. The Morgan fingerprint density at radius 2 is 2.00 bits per heavy atom. The number of anilines is 1. The molecule has 1 N–H and O–H groups in total. The minimum absolute atomic E-state index is 0.269. The first kappa shape index (κ1) is 15.8. The van der Waals surface area contributed by atoms with Crippen LogP contribution in [0.5, 0.6) is 11.5 Å². The second-order valence-electron chi connectivity index (χ2n) is 4.65. The third-order valence-electron chi connectivity index (χ3n) is 3.22. The van der Waals surface area contributed by atoms with Gasteiger partial charge in [0, 0.05) is 4.47 Å². The molecule has 118 valence electrons. The smallest absolute Gasteiger partial charge is 0.261 e. The zero-order chi connectivity index (χ0) is 16.4. The topological polar surface area (TPSA) is 60.5 Å². The SMILES string of the molecule is COc1ccc2nc(NC(=O)c3cc(Br)ccc3OC)sc2c1. The van der Waals surface area contributed by atoms with Crippen LogP contribution in [-0.2, 0) is 0 Å². The first-order valence-corrected chi connectivity index (χ1v) is 8.31. The normalized spacial score (nSPS) is 10.6. The molecule has 0 radical (unpaired) electrons. The lowest BCUT2D eigenvalue weighted by molar-refractivity contribution is 0.102. The number of rotatable bonds is 4. The van der Waals surface area contributed by atoms with E-state index in [1.54, 1.807) is 19.2 Å². The number of ether oxygens (including phenoxy) is 2. The van der Waals surface area contributed by atoms with E-state index in [4.69, 9.17) is 9.47 Å². The molecule has 0 aliphatic heterocycles. The summed E-state index contributed by atoms with van der Waals surface area (Å²) in [6, 6.07) is 10.9. The highest BCUT2D eigenvalue weighted by Crippen LogP contribution is 2.30. The summed E-state index contributed by atoms with van der Waals surface area (Å²) in [5, 5.41) is 3.34. The van der Waals surface area contributed by atoms with Gasteiger partial charge in [-0.1, -0.05) is 27.3 Å². The molecule has 2 aromatic carbocycles. The van der Waals surface area contributed by atoms with Crippen molar-refractivity contribution in [3.05, 3.63) is 46.4 Å². The minimum atomic E-state index is -0.269. The fourth-order valence-corrected chi connectivity index (χ4v) is 3.36. The number of methoxy groups -OCH3 is 2. The number of aromatic nitrogens is 1. The number of nitrogens with one attached hydrogen (secondary N) is 1. The Labute approximate surface area is 145 Å². The number of amides is 1. The van der Waals surface area contributed by atoms with E-state index in [1.165, 1.54) is 18.4 Å². The quantitative estimate of drug-likeness (QED) is 0.717. The third-order valence-corrected chi connectivity index (χ3v) is 4.65. The molecule has 0 bridgehead atoms. The molecule has 0 fully saturated rings. The molecule has 0 aliphatic rings. The summed E-state index contributed by atoms with van der Waals surface area (Å²) in [5.41, 5.74) is 1.26. The van der Waals surface area contributed by atoms with Crippen molar-refractivity contribution in [2.24, 2.45) is 0 Å². The summed E-state index contributed by atoms with van der Waals surface area (Å²) >= 11 is 4.75. The predicted molar refractivity (Wildman–Crippen MR) is 94.8 cm³/mol. The van der Waals surface area contributed by atoms with Gasteiger partial charge in [-0.25, -0.2) is 4.98 Å². The van der Waals surface area contributed by atoms with Crippen LogP contribution in [0.4, 0.5) is 5.13 Å². The average molecular weight is 393 g/mol. The molecular weight excluding hydrogens is 380 g/mol. The highest BCUT2D eigenvalue weighted by molar-refractivity contribution is 9.10. The van der Waals surface area contributed by atoms with Gasteiger partial charge in [-0.15, -0.1) is 0 Å². The van der Waals surface area contributed by atoms with Crippen LogP contribution in [0, 0.1) is 0 Å². The van der Waals surface area contributed by atoms with E-state index in [1.807, 2.05) is 24.3 Å². The van der Waals surface area contributed by atoms with Crippen molar-refractivity contribution < 1.29 is 14.3 Å². The van der Waals surface area contributed by atoms with E-state index in [-0.39, 0.29) is 5.91 Å². The zero-order valence-corrected chi connectivity index (χ0v) is 14.8. The molecule has 3 aromatic rings. The monoisotopic (exact) mass is 392 g/mol. The largest absolute Gasteiger partial charge is 0.497 e. The van der Waals surface area contributed by atoms with Crippen LogP contribution in [0.3, 0.4) is 0 Å². The standard InChI is InChI=1S/C16H13BrN2O3S/c1-21-10-4-5-12-14(8-10)23-16(18-12)19-15(20)11-7-9(17)3-6-13(11)22-2/h3-8H,1-2H3,(H,18,19,20). The summed E-state index contributed by atoms with van der Waals surface area (Å²) in [4.78, 5) is 16.9. The number of benzene rings is 2. The minimum Gasteiger partial charge on any atom is -0.497 e. The lowest BCUT2D eigenvalue weighted by atomic mass is 10.2. The molecule has 0 aliphatic carbocycles. The van der Waals surface area contributed by atoms with Crippen LogP contribution in [0.25, 0.3) is 10.2 Å².